The smallest absolute Gasteiger partial charge is 0.321 e. The second-order valence-electron chi connectivity index (χ2n) is 9.66. The molecule has 1 aliphatic rings. The number of amides is 1. The van der Waals surface area contributed by atoms with Gasteiger partial charge in [0.05, 0.1) is 25.2 Å². The van der Waals surface area contributed by atoms with Gasteiger partial charge in [0.15, 0.2) is 5.78 Å². The van der Waals surface area contributed by atoms with Crippen molar-refractivity contribution in [2.45, 2.75) is 43.9 Å². The topological polar surface area (TPSA) is 72.9 Å². The molecular formula is C32H35NO5. The molecule has 0 N–H and O–H groups in total. The lowest BCUT2D eigenvalue weighted by atomic mass is 9.63. The fourth-order valence-electron chi connectivity index (χ4n) is 5.57. The summed E-state index contributed by atoms with van der Waals surface area (Å²) in [4.78, 5) is 41.6. The Kier molecular flexibility index (Phi) is 8.62. The summed E-state index contributed by atoms with van der Waals surface area (Å²) in [5, 5.41) is 0. The van der Waals surface area contributed by atoms with E-state index in [1.807, 2.05) is 73.7 Å². The second kappa shape index (κ2) is 12.1. The molecule has 3 aromatic carbocycles. The Bertz CT molecular complexity index is 1290. The van der Waals surface area contributed by atoms with E-state index in [0.717, 1.165) is 16.7 Å². The van der Waals surface area contributed by atoms with Crippen molar-refractivity contribution in [2.24, 2.45) is 0 Å². The van der Waals surface area contributed by atoms with E-state index < -0.39 is 5.41 Å². The van der Waals surface area contributed by atoms with Gasteiger partial charge in [0.1, 0.15) is 11.2 Å². The average molecular weight is 514 g/mol. The number of carbonyl (C=O) groups excluding carboxylic acids is 3. The van der Waals surface area contributed by atoms with Gasteiger partial charge in [-0.2, -0.15) is 0 Å². The summed E-state index contributed by atoms with van der Waals surface area (Å²) < 4.78 is 10.9. The fraction of sp³-hybridized carbons (Fsp3) is 0.344. The molecule has 198 valence electrons. The zero-order valence-corrected chi connectivity index (χ0v) is 22.3. The summed E-state index contributed by atoms with van der Waals surface area (Å²) in [7, 11) is 3.33. The summed E-state index contributed by atoms with van der Waals surface area (Å²) in [5.74, 6) is -0.106. The molecule has 0 saturated heterocycles. The van der Waals surface area contributed by atoms with Crippen LogP contribution < -0.4 is 4.74 Å². The molecule has 38 heavy (non-hydrogen) atoms. The van der Waals surface area contributed by atoms with Crippen LogP contribution in [0.2, 0.25) is 0 Å². The van der Waals surface area contributed by atoms with Gasteiger partial charge in [-0.05, 0) is 55.0 Å². The molecule has 6 heteroatoms. The lowest BCUT2D eigenvalue weighted by Crippen LogP contribution is -2.45. The number of fused-ring (bicyclic) bond motifs is 1. The highest BCUT2D eigenvalue weighted by Crippen LogP contribution is 2.48. The van der Waals surface area contributed by atoms with Crippen LogP contribution in [-0.4, -0.2) is 49.9 Å². The SMILES string of the molecule is CCOC(=O)[C@]1(c2ccccc2)CC[C@H](C(=O)N(C)CCCC(=O)c2ccccc2OC)c2ccccc21. The van der Waals surface area contributed by atoms with E-state index in [0.29, 0.717) is 43.5 Å². The lowest BCUT2D eigenvalue weighted by Gasteiger charge is -2.41. The number of carbonyl (C=O) groups is 3. The first-order valence-electron chi connectivity index (χ1n) is 13.2. The third kappa shape index (κ3) is 5.21. The molecule has 1 aliphatic carbocycles. The first kappa shape index (κ1) is 27.1. The van der Waals surface area contributed by atoms with Crippen molar-refractivity contribution in [1.29, 1.82) is 0 Å². The first-order valence-corrected chi connectivity index (χ1v) is 13.2. The molecule has 0 radical (unpaired) electrons. The molecule has 0 bridgehead atoms. The Morgan fingerprint density at radius 2 is 1.63 bits per heavy atom. The van der Waals surface area contributed by atoms with Crippen molar-refractivity contribution >= 4 is 17.7 Å². The number of likely N-dealkylation sites (N-methyl/N-ethyl adjacent to an activating group) is 1. The van der Waals surface area contributed by atoms with Crippen LogP contribution in [0.15, 0.2) is 78.9 Å². The maximum absolute atomic E-state index is 13.7. The summed E-state index contributed by atoms with van der Waals surface area (Å²) in [5.41, 5.74) is 2.16. The highest BCUT2D eigenvalue weighted by atomic mass is 16.5. The third-order valence-corrected chi connectivity index (χ3v) is 7.47. The number of hydrogen-bond donors (Lipinski definition) is 0. The predicted octanol–water partition coefficient (Wildman–Crippen LogP) is 5.54. The Morgan fingerprint density at radius 3 is 2.37 bits per heavy atom. The van der Waals surface area contributed by atoms with Gasteiger partial charge >= 0.3 is 5.97 Å². The van der Waals surface area contributed by atoms with E-state index in [1.54, 1.807) is 31.2 Å². The second-order valence-corrected chi connectivity index (χ2v) is 9.66. The van der Waals surface area contributed by atoms with Crippen molar-refractivity contribution in [2.75, 3.05) is 27.3 Å². The molecular weight excluding hydrogens is 478 g/mol. The summed E-state index contributed by atoms with van der Waals surface area (Å²) in [6.07, 6.45) is 1.86. The van der Waals surface area contributed by atoms with Crippen LogP contribution in [0.25, 0.3) is 0 Å². The van der Waals surface area contributed by atoms with Gasteiger partial charge < -0.3 is 14.4 Å². The van der Waals surface area contributed by atoms with Crippen molar-refractivity contribution in [3.8, 4) is 5.75 Å². The summed E-state index contributed by atoms with van der Waals surface area (Å²) in [6, 6.07) is 24.6. The number of nitrogens with zero attached hydrogens (tertiary/aromatic N) is 1. The number of ether oxygens (including phenoxy) is 2. The summed E-state index contributed by atoms with van der Waals surface area (Å²) >= 11 is 0. The Balaban J connectivity index is 1.53. The minimum atomic E-state index is -0.954. The molecule has 3 aromatic rings. The lowest BCUT2D eigenvalue weighted by molar-refractivity contribution is -0.149. The van der Waals surface area contributed by atoms with Crippen LogP contribution in [-0.2, 0) is 19.7 Å². The molecule has 0 aromatic heterocycles. The zero-order chi connectivity index (χ0) is 27.1. The molecule has 4 rings (SSSR count). The molecule has 2 atom stereocenters. The maximum atomic E-state index is 13.7. The molecule has 0 aliphatic heterocycles. The van der Waals surface area contributed by atoms with E-state index in [-0.39, 0.29) is 30.2 Å². The Morgan fingerprint density at radius 1 is 0.947 bits per heavy atom. The van der Waals surface area contributed by atoms with E-state index in [4.69, 9.17) is 9.47 Å². The van der Waals surface area contributed by atoms with Crippen LogP contribution in [0.5, 0.6) is 5.75 Å². The number of rotatable bonds is 10. The van der Waals surface area contributed by atoms with Gasteiger partial charge in [-0.3, -0.25) is 14.4 Å². The van der Waals surface area contributed by atoms with E-state index >= 15 is 0 Å². The number of hydrogen-bond acceptors (Lipinski definition) is 5. The normalized spacial score (nSPS) is 18.2. The van der Waals surface area contributed by atoms with Crippen LogP contribution in [0.3, 0.4) is 0 Å². The number of methoxy groups -OCH3 is 1. The zero-order valence-electron chi connectivity index (χ0n) is 22.3. The number of Topliss-reactive ketones (excluding diaryl/α,β-unsaturated/α-hetero) is 1. The van der Waals surface area contributed by atoms with Gasteiger partial charge in [0.25, 0.3) is 0 Å². The van der Waals surface area contributed by atoms with E-state index in [1.165, 1.54) is 0 Å². The van der Waals surface area contributed by atoms with Gasteiger partial charge in [0.2, 0.25) is 5.91 Å². The monoisotopic (exact) mass is 513 g/mol. The molecule has 6 nitrogen and oxygen atoms in total. The molecule has 0 fully saturated rings. The largest absolute Gasteiger partial charge is 0.496 e. The Labute approximate surface area is 224 Å². The van der Waals surface area contributed by atoms with Gasteiger partial charge in [-0.15, -0.1) is 0 Å². The number of para-hydroxylation sites is 1. The van der Waals surface area contributed by atoms with Crippen molar-refractivity contribution in [3.05, 3.63) is 101 Å². The quantitative estimate of drug-likeness (QED) is 0.263. The van der Waals surface area contributed by atoms with Crippen molar-refractivity contribution < 1.29 is 23.9 Å². The van der Waals surface area contributed by atoms with Gasteiger partial charge in [-0.1, -0.05) is 66.7 Å². The maximum Gasteiger partial charge on any atom is 0.321 e. The van der Waals surface area contributed by atoms with Crippen LogP contribution in [0.1, 0.15) is 65.6 Å². The fourth-order valence-corrected chi connectivity index (χ4v) is 5.57. The van der Waals surface area contributed by atoms with E-state index in [9.17, 15) is 14.4 Å². The van der Waals surface area contributed by atoms with Crippen molar-refractivity contribution in [1.82, 2.24) is 4.90 Å². The Hall–Kier alpha value is -3.93. The minimum Gasteiger partial charge on any atom is -0.496 e. The molecule has 1 amide bonds. The van der Waals surface area contributed by atoms with Gasteiger partial charge in [-0.25, -0.2) is 0 Å². The number of esters is 1. The highest BCUT2D eigenvalue weighted by molar-refractivity contribution is 5.98. The van der Waals surface area contributed by atoms with Crippen LogP contribution in [0, 0.1) is 0 Å². The van der Waals surface area contributed by atoms with Gasteiger partial charge in [0, 0.05) is 20.0 Å². The average Bonchev–Trinajstić information content (AvgIpc) is 2.96. The van der Waals surface area contributed by atoms with Crippen LogP contribution in [0.4, 0.5) is 0 Å². The predicted molar refractivity (Wildman–Crippen MR) is 146 cm³/mol. The third-order valence-electron chi connectivity index (χ3n) is 7.47. The minimum absolute atomic E-state index is 0.00612. The van der Waals surface area contributed by atoms with Crippen LogP contribution >= 0.6 is 0 Å². The molecule has 0 unspecified atom stereocenters. The first-order chi connectivity index (χ1) is 18.4. The molecule has 0 saturated carbocycles. The standard InChI is InChI=1S/C32H35NO5/c1-4-38-31(36)32(23-13-6-5-7-14-23)21-20-25(24-15-8-10-17-27(24)32)30(35)33(2)22-12-18-28(34)26-16-9-11-19-29(26)37-3/h5-11,13-17,19,25H,4,12,18,20-22H2,1-3H3/t25-,32-/m0/s1. The molecule has 0 spiro atoms. The number of ketones is 1. The molecule has 0 heterocycles. The van der Waals surface area contributed by atoms with Crippen molar-refractivity contribution in [3.63, 3.8) is 0 Å². The highest BCUT2D eigenvalue weighted by Gasteiger charge is 2.49. The summed E-state index contributed by atoms with van der Waals surface area (Å²) in [6.45, 7) is 2.56. The van der Waals surface area contributed by atoms with E-state index in [2.05, 4.69) is 0 Å². The number of benzene rings is 3.